The van der Waals surface area contributed by atoms with Gasteiger partial charge in [0.2, 0.25) is 0 Å². The Hall–Kier alpha value is -0.940. The van der Waals surface area contributed by atoms with E-state index < -0.39 is 18.5 Å². The minimum absolute atomic E-state index is 0.393. The van der Waals surface area contributed by atoms with Crippen molar-refractivity contribution in [2.75, 3.05) is 0 Å². The molecule has 4 nitrogen and oxygen atoms in total. The van der Waals surface area contributed by atoms with Gasteiger partial charge in [0.25, 0.3) is 0 Å². The van der Waals surface area contributed by atoms with Crippen LogP contribution in [0.15, 0.2) is 24.3 Å². The van der Waals surface area contributed by atoms with Gasteiger partial charge in [-0.15, -0.1) is 0 Å². The molecular weight excluding hydrogens is 208 g/mol. The monoisotopic (exact) mass is 224 g/mol. The van der Waals surface area contributed by atoms with Crippen molar-refractivity contribution in [2.45, 2.75) is 38.6 Å². The normalized spacial score (nSPS) is 20.9. The first-order chi connectivity index (χ1) is 7.68. The predicted octanol–water partition coefficient (Wildman–Crippen LogP) is 0.801. The van der Waals surface area contributed by atoms with E-state index in [1.807, 2.05) is 24.3 Å². The second-order valence-electron chi connectivity index (χ2n) is 3.99. The Bertz CT molecular complexity index is 324. The number of benzene rings is 1. The summed E-state index contributed by atoms with van der Waals surface area (Å²) < 4.78 is 10.8. The van der Waals surface area contributed by atoms with Gasteiger partial charge in [-0.25, -0.2) is 0 Å². The molecule has 0 radical (unpaired) electrons. The van der Waals surface area contributed by atoms with Gasteiger partial charge in [-0.2, -0.15) is 0 Å². The molecule has 88 valence electrons. The van der Waals surface area contributed by atoms with E-state index in [0.717, 1.165) is 11.1 Å². The van der Waals surface area contributed by atoms with Gasteiger partial charge >= 0.3 is 0 Å². The van der Waals surface area contributed by atoms with Crippen molar-refractivity contribution >= 4 is 0 Å². The summed E-state index contributed by atoms with van der Waals surface area (Å²) in [6, 6.07) is 7.81. The number of hydrogen-bond donors (Lipinski definition) is 2. The summed E-state index contributed by atoms with van der Waals surface area (Å²) in [4.78, 5) is 0. The van der Waals surface area contributed by atoms with Crippen molar-refractivity contribution in [3.8, 4) is 0 Å². The van der Waals surface area contributed by atoms with Crippen molar-refractivity contribution in [2.24, 2.45) is 0 Å². The molecule has 0 saturated carbocycles. The fourth-order valence-corrected chi connectivity index (χ4v) is 1.66. The van der Waals surface area contributed by atoms with Crippen LogP contribution in [0.5, 0.6) is 0 Å². The van der Waals surface area contributed by atoms with Crippen molar-refractivity contribution in [1.82, 2.24) is 0 Å². The van der Waals surface area contributed by atoms with Crippen molar-refractivity contribution in [3.63, 3.8) is 0 Å². The van der Waals surface area contributed by atoms with Crippen LogP contribution in [0.3, 0.4) is 0 Å². The molecule has 1 aliphatic rings. The molecule has 0 unspecified atom stereocenters. The summed E-state index contributed by atoms with van der Waals surface area (Å²) in [5.74, 6) is 0. The first-order valence-corrected chi connectivity index (χ1v) is 5.34. The highest BCUT2D eigenvalue weighted by atomic mass is 16.7. The molecule has 0 aliphatic carbocycles. The number of fused-ring (bicyclic) bond motifs is 1. The van der Waals surface area contributed by atoms with E-state index >= 15 is 0 Å². The molecule has 2 rings (SSSR count). The molecule has 0 bridgehead atoms. The zero-order valence-electron chi connectivity index (χ0n) is 9.17. The van der Waals surface area contributed by atoms with Crippen LogP contribution in [-0.4, -0.2) is 28.7 Å². The molecule has 1 aliphatic heterocycles. The van der Waals surface area contributed by atoms with Gasteiger partial charge in [0, 0.05) is 0 Å². The van der Waals surface area contributed by atoms with Crippen LogP contribution < -0.4 is 0 Å². The summed E-state index contributed by atoms with van der Waals surface area (Å²) in [5, 5.41) is 18.9. The molecule has 0 aromatic heterocycles. The van der Waals surface area contributed by atoms with Crippen LogP contribution in [0, 0.1) is 0 Å². The zero-order valence-corrected chi connectivity index (χ0v) is 9.17. The number of aliphatic hydroxyl groups is 2. The smallest absolute Gasteiger partial charge is 0.186 e. The Morgan fingerprint density at radius 3 is 2.06 bits per heavy atom. The van der Waals surface area contributed by atoms with Crippen LogP contribution in [0.4, 0.5) is 0 Å². The summed E-state index contributed by atoms with van der Waals surface area (Å²) >= 11 is 0. The topological polar surface area (TPSA) is 58.9 Å². The predicted molar refractivity (Wildman–Crippen MR) is 57.5 cm³/mol. The second kappa shape index (κ2) is 4.93. The third-order valence-corrected chi connectivity index (χ3v) is 2.70. The molecular formula is C12H16O4. The lowest BCUT2D eigenvalue weighted by Crippen LogP contribution is -2.38. The van der Waals surface area contributed by atoms with Gasteiger partial charge < -0.3 is 19.7 Å². The van der Waals surface area contributed by atoms with E-state index in [1.54, 1.807) is 0 Å². The average Bonchev–Trinajstić information content (AvgIpc) is 2.50. The van der Waals surface area contributed by atoms with E-state index in [4.69, 9.17) is 9.47 Å². The lowest BCUT2D eigenvalue weighted by Gasteiger charge is -2.23. The van der Waals surface area contributed by atoms with Gasteiger partial charge in [0.15, 0.2) is 6.29 Å². The SMILES string of the molecule is C[C@@H](O)[C@H](O)C1OCc2ccccc2CO1. The molecule has 2 N–H and O–H groups in total. The molecule has 16 heavy (non-hydrogen) atoms. The fraction of sp³-hybridized carbons (Fsp3) is 0.500. The standard InChI is InChI=1S/C12H16O4/c1-8(13)11(14)12-15-6-9-4-2-3-5-10(9)7-16-12/h2-5,8,11-14H,6-7H2,1H3/t8-,11+/m1/s1. The lowest BCUT2D eigenvalue weighted by atomic mass is 10.1. The van der Waals surface area contributed by atoms with Crippen LogP contribution in [0.2, 0.25) is 0 Å². The maximum absolute atomic E-state index is 9.66. The Labute approximate surface area is 94.4 Å². The van der Waals surface area contributed by atoms with Gasteiger partial charge in [-0.3, -0.25) is 0 Å². The molecule has 1 heterocycles. The maximum atomic E-state index is 9.66. The van der Waals surface area contributed by atoms with Crippen molar-refractivity contribution in [3.05, 3.63) is 35.4 Å². The molecule has 0 amide bonds. The van der Waals surface area contributed by atoms with E-state index in [0.29, 0.717) is 13.2 Å². The Kier molecular flexibility index (Phi) is 3.56. The number of hydrogen-bond acceptors (Lipinski definition) is 4. The highest BCUT2D eigenvalue weighted by Gasteiger charge is 2.27. The van der Waals surface area contributed by atoms with Crippen LogP contribution in [0.1, 0.15) is 18.1 Å². The zero-order chi connectivity index (χ0) is 11.5. The minimum atomic E-state index is -1.02. The van der Waals surface area contributed by atoms with Gasteiger partial charge in [0.05, 0.1) is 19.3 Å². The Balaban J connectivity index is 2.07. The van der Waals surface area contributed by atoms with Gasteiger partial charge in [-0.1, -0.05) is 24.3 Å². The Morgan fingerprint density at radius 1 is 1.12 bits per heavy atom. The highest BCUT2D eigenvalue weighted by Crippen LogP contribution is 2.20. The molecule has 0 fully saturated rings. The molecule has 2 atom stereocenters. The van der Waals surface area contributed by atoms with E-state index in [9.17, 15) is 10.2 Å². The minimum Gasteiger partial charge on any atom is -0.391 e. The summed E-state index contributed by atoms with van der Waals surface area (Å²) in [7, 11) is 0. The average molecular weight is 224 g/mol. The molecule has 4 heteroatoms. The second-order valence-corrected chi connectivity index (χ2v) is 3.99. The van der Waals surface area contributed by atoms with Crippen LogP contribution in [0.25, 0.3) is 0 Å². The van der Waals surface area contributed by atoms with E-state index in [1.165, 1.54) is 6.92 Å². The van der Waals surface area contributed by atoms with E-state index in [-0.39, 0.29) is 0 Å². The van der Waals surface area contributed by atoms with Crippen molar-refractivity contribution < 1.29 is 19.7 Å². The molecule has 1 aromatic rings. The summed E-state index contributed by atoms with van der Waals surface area (Å²) in [5.41, 5.74) is 2.12. The quantitative estimate of drug-likeness (QED) is 0.780. The number of rotatable bonds is 2. The van der Waals surface area contributed by atoms with Crippen LogP contribution in [-0.2, 0) is 22.7 Å². The fourth-order valence-electron chi connectivity index (χ4n) is 1.66. The molecule has 0 saturated heterocycles. The van der Waals surface area contributed by atoms with Crippen molar-refractivity contribution in [1.29, 1.82) is 0 Å². The maximum Gasteiger partial charge on any atom is 0.186 e. The lowest BCUT2D eigenvalue weighted by molar-refractivity contribution is -0.218. The van der Waals surface area contributed by atoms with Gasteiger partial charge in [0.1, 0.15) is 6.10 Å². The third kappa shape index (κ3) is 2.41. The largest absolute Gasteiger partial charge is 0.391 e. The number of ether oxygens (including phenoxy) is 2. The summed E-state index contributed by atoms with van der Waals surface area (Å²) in [6.07, 6.45) is -2.66. The third-order valence-electron chi connectivity index (χ3n) is 2.70. The molecule has 1 aromatic carbocycles. The van der Waals surface area contributed by atoms with E-state index in [2.05, 4.69) is 0 Å². The van der Waals surface area contributed by atoms with Crippen LogP contribution >= 0.6 is 0 Å². The first kappa shape index (κ1) is 11.5. The Morgan fingerprint density at radius 2 is 1.62 bits per heavy atom. The summed E-state index contributed by atoms with van der Waals surface area (Å²) in [6.45, 7) is 2.30. The first-order valence-electron chi connectivity index (χ1n) is 5.34. The number of aliphatic hydroxyl groups excluding tert-OH is 2. The highest BCUT2D eigenvalue weighted by molar-refractivity contribution is 5.26. The van der Waals surface area contributed by atoms with Gasteiger partial charge in [-0.05, 0) is 18.1 Å². The molecule has 0 spiro atoms.